The normalized spacial score (nSPS) is 16.4. The molecule has 1 saturated heterocycles. The Labute approximate surface area is 125 Å². The van der Waals surface area contributed by atoms with Crippen LogP contribution in [0.5, 0.6) is 0 Å². The van der Waals surface area contributed by atoms with E-state index in [0.717, 1.165) is 49.3 Å². The second kappa shape index (κ2) is 6.26. The van der Waals surface area contributed by atoms with Crippen molar-refractivity contribution >= 4 is 22.7 Å². The highest BCUT2D eigenvalue weighted by atomic mass is 16.5. The summed E-state index contributed by atoms with van der Waals surface area (Å²) in [7, 11) is 3.64. The molecule has 1 aromatic carbocycles. The Morgan fingerprint density at radius 3 is 2.71 bits per heavy atom. The number of para-hydroxylation sites is 1. The highest BCUT2D eigenvalue weighted by Crippen LogP contribution is 2.29. The lowest BCUT2D eigenvalue weighted by Gasteiger charge is -2.33. The summed E-state index contributed by atoms with van der Waals surface area (Å²) >= 11 is 0. The van der Waals surface area contributed by atoms with Gasteiger partial charge >= 0.3 is 0 Å². The first-order chi connectivity index (χ1) is 10.3. The number of aromatic nitrogens is 2. The van der Waals surface area contributed by atoms with Crippen LogP contribution in [0.3, 0.4) is 0 Å². The highest BCUT2D eigenvalue weighted by Gasteiger charge is 2.22. The minimum absolute atomic E-state index is 0.670. The van der Waals surface area contributed by atoms with Gasteiger partial charge in [0.2, 0.25) is 5.95 Å². The van der Waals surface area contributed by atoms with Gasteiger partial charge in [0.1, 0.15) is 5.82 Å². The van der Waals surface area contributed by atoms with Crippen LogP contribution in [0.25, 0.3) is 10.9 Å². The van der Waals surface area contributed by atoms with Gasteiger partial charge in [-0.3, -0.25) is 0 Å². The molecule has 0 radical (unpaired) electrons. The Bertz CT molecular complexity index is 608. The largest absolute Gasteiger partial charge is 0.384 e. The number of nitrogens with zero attached hydrogens (tertiary/aromatic N) is 3. The lowest BCUT2D eigenvalue weighted by molar-refractivity contribution is 0.139. The van der Waals surface area contributed by atoms with E-state index in [1.54, 1.807) is 7.11 Å². The van der Waals surface area contributed by atoms with Gasteiger partial charge in [0.05, 0.1) is 5.52 Å². The van der Waals surface area contributed by atoms with Crippen LogP contribution < -0.4 is 10.2 Å². The molecule has 5 heteroatoms. The van der Waals surface area contributed by atoms with E-state index in [9.17, 15) is 0 Å². The van der Waals surface area contributed by atoms with Gasteiger partial charge in [-0.05, 0) is 30.9 Å². The van der Waals surface area contributed by atoms with E-state index < -0.39 is 0 Å². The maximum atomic E-state index is 5.27. The van der Waals surface area contributed by atoms with Gasteiger partial charge in [-0.2, -0.15) is 4.98 Å². The molecule has 112 valence electrons. The van der Waals surface area contributed by atoms with Crippen LogP contribution in [-0.4, -0.2) is 43.8 Å². The summed E-state index contributed by atoms with van der Waals surface area (Å²) in [6.07, 6.45) is 2.31. The van der Waals surface area contributed by atoms with Gasteiger partial charge in [-0.15, -0.1) is 0 Å². The van der Waals surface area contributed by atoms with E-state index in [0.29, 0.717) is 11.9 Å². The summed E-state index contributed by atoms with van der Waals surface area (Å²) < 4.78 is 5.27. The third kappa shape index (κ3) is 2.93. The van der Waals surface area contributed by atoms with Gasteiger partial charge < -0.3 is 15.0 Å². The monoisotopic (exact) mass is 286 g/mol. The number of hydrogen-bond donors (Lipinski definition) is 1. The average Bonchev–Trinajstić information content (AvgIpc) is 2.55. The number of methoxy groups -OCH3 is 1. The third-order valence-corrected chi connectivity index (χ3v) is 4.12. The number of benzene rings is 1. The van der Waals surface area contributed by atoms with Gasteiger partial charge in [0, 0.05) is 39.2 Å². The molecule has 1 fully saturated rings. The van der Waals surface area contributed by atoms with E-state index in [4.69, 9.17) is 4.74 Å². The van der Waals surface area contributed by atoms with E-state index in [1.165, 1.54) is 0 Å². The predicted octanol–water partition coefficient (Wildman–Crippen LogP) is 2.53. The van der Waals surface area contributed by atoms with Crippen molar-refractivity contribution in [2.75, 3.05) is 44.1 Å². The van der Waals surface area contributed by atoms with Crippen molar-refractivity contribution in [1.29, 1.82) is 0 Å². The van der Waals surface area contributed by atoms with Crippen molar-refractivity contribution in [3.63, 3.8) is 0 Å². The molecule has 2 heterocycles. The van der Waals surface area contributed by atoms with Crippen molar-refractivity contribution in [2.45, 2.75) is 12.8 Å². The topological polar surface area (TPSA) is 50.3 Å². The maximum absolute atomic E-state index is 5.27. The summed E-state index contributed by atoms with van der Waals surface area (Å²) in [5.74, 6) is 2.40. The molecule has 0 spiro atoms. The van der Waals surface area contributed by atoms with Crippen molar-refractivity contribution < 1.29 is 4.74 Å². The first-order valence-corrected chi connectivity index (χ1v) is 7.50. The van der Waals surface area contributed by atoms with E-state index in [2.05, 4.69) is 26.3 Å². The molecule has 1 aliphatic rings. The molecule has 1 N–H and O–H groups in total. The van der Waals surface area contributed by atoms with Crippen LogP contribution in [0.4, 0.5) is 11.8 Å². The van der Waals surface area contributed by atoms with Gasteiger partial charge in [0.15, 0.2) is 0 Å². The number of anilines is 2. The fourth-order valence-corrected chi connectivity index (χ4v) is 2.96. The molecule has 2 aromatic rings. The molecule has 0 unspecified atom stereocenters. The first kappa shape index (κ1) is 14.1. The highest BCUT2D eigenvalue weighted by molar-refractivity contribution is 5.90. The van der Waals surface area contributed by atoms with Gasteiger partial charge in [-0.25, -0.2) is 4.98 Å². The van der Waals surface area contributed by atoms with Crippen LogP contribution in [0.2, 0.25) is 0 Å². The number of nitrogens with one attached hydrogen (secondary N) is 1. The minimum atomic E-state index is 0.670. The average molecular weight is 286 g/mol. The predicted molar refractivity (Wildman–Crippen MR) is 85.9 cm³/mol. The zero-order valence-electron chi connectivity index (χ0n) is 12.7. The van der Waals surface area contributed by atoms with Crippen molar-refractivity contribution in [1.82, 2.24) is 9.97 Å². The second-order valence-electron chi connectivity index (χ2n) is 5.52. The SMILES string of the molecule is CNc1nc(N2CCC(COC)CC2)c2ccccc2n1. The number of rotatable bonds is 4. The lowest BCUT2D eigenvalue weighted by atomic mass is 9.97. The molecule has 0 amide bonds. The van der Waals surface area contributed by atoms with Crippen LogP contribution >= 0.6 is 0 Å². The Morgan fingerprint density at radius 2 is 2.00 bits per heavy atom. The Balaban J connectivity index is 1.89. The summed E-state index contributed by atoms with van der Waals surface area (Å²) in [5.41, 5.74) is 0.992. The minimum Gasteiger partial charge on any atom is -0.384 e. The van der Waals surface area contributed by atoms with Gasteiger partial charge in [0.25, 0.3) is 0 Å². The van der Waals surface area contributed by atoms with Crippen LogP contribution in [0.1, 0.15) is 12.8 Å². The van der Waals surface area contributed by atoms with Crippen molar-refractivity contribution in [2.24, 2.45) is 5.92 Å². The molecular formula is C16H22N4O. The molecule has 3 rings (SSSR count). The fourth-order valence-electron chi connectivity index (χ4n) is 2.96. The summed E-state index contributed by atoms with van der Waals surface area (Å²) in [5, 5.41) is 4.19. The second-order valence-corrected chi connectivity index (χ2v) is 5.52. The first-order valence-electron chi connectivity index (χ1n) is 7.50. The van der Waals surface area contributed by atoms with Crippen LogP contribution in [-0.2, 0) is 4.74 Å². The molecule has 21 heavy (non-hydrogen) atoms. The number of piperidine rings is 1. The molecule has 0 bridgehead atoms. The molecule has 0 atom stereocenters. The zero-order chi connectivity index (χ0) is 14.7. The Kier molecular flexibility index (Phi) is 4.20. The van der Waals surface area contributed by atoms with E-state index >= 15 is 0 Å². The number of hydrogen-bond acceptors (Lipinski definition) is 5. The number of ether oxygens (including phenoxy) is 1. The summed E-state index contributed by atoms with van der Waals surface area (Å²) in [4.78, 5) is 11.6. The van der Waals surface area contributed by atoms with Crippen LogP contribution in [0, 0.1) is 5.92 Å². The maximum Gasteiger partial charge on any atom is 0.224 e. The van der Waals surface area contributed by atoms with E-state index in [-0.39, 0.29) is 0 Å². The van der Waals surface area contributed by atoms with Gasteiger partial charge in [-0.1, -0.05) is 12.1 Å². The number of fused-ring (bicyclic) bond motifs is 1. The summed E-state index contributed by atoms with van der Waals surface area (Å²) in [6, 6.07) is 8.21. The smallest absolute Gasteiger partial charge is 0.224 e. The molecule has 1 aliphatic heterocycles. The third-order valence-electron chi connectivity index (χ3n) is 4.12. The summed E-state index contributed by atoms with van der Waals surface area (Å²) in [6.45, 7) is 2.91. The standard InChI is InChI=1S/C16H22N4O/c1-17-16-18-14-6-4-3-5-13(14)15(19-16)20-9-7-12(8-10-20)11-21-2/h3-6,12H,7-11H2,1-2H3,(H,17,18,19). The Hall–Kier alpha value is -1.88. The van der Waals surface area contributed by atoms with Crippen molar-refractivity contribution in [3.05, 3.63) is 24.3 Å². The quantitative estimate of drug-likeness (QED) is 0.936. The van der Waals surface area contributed by atoms with Crippen molar-refractivity contribution in [3.8, 4) is 0 Å². The molecule has 0 saturated carbocycles. The van der Waals surface area contributed by atoms with E-state index in [1.807, 2.05) is 25.2 Å². The lowest BCUT2D eigenvalue weighted by Crippen LogP contribution is -2.35. The van der Waals surface area contributed by atoms with Crippen LogP contribution in [0.15, 0.2) is 24.3 Å². The molecule has 5 nitrogen and oxygen atoms in total. The molecular weight excluding hydrogens is 264 g/mol. The molecule has 1 aromatic heterocycles. The zero-order valence-corrected chi connectivity index (χ0v) is 12.7. The Morgan fingerprint density at radius 1 is 1.24 bits per heavy atom. The fraction of sp³-hybridized carbons (Fsp3) is 0.500. The molecule has 0 aliphatic carbocycles.